The first-order valence-electron chi connectivity index (χ1n) is 12.0. The van der Waals surface area contributed by atoms with E-state index in [9.17, 15) is 4.79 Å². The fourth-order valence-corrected chi connectivity index (χ4v) is 3.29. The zero-order valence-electron chi connectivity index (χ0n) is 19.5. The van der Waals surface area contributed by atoms with E-state index in [1.165, 1.54) is 77.0 Å². The highest BCUT2D eigenvalue weighted by Gasteiger charge is 2.23. The van der Waals surface area contributed by atoms with Crippen molar-refractivity contribution in [3.8, 4) is 0 Å². The van der Waals surface area contributed by atoms with E-state index in [2.05, 4.69) is 6.92 Å². The lowest BCUT2D eigenvalue weighted by Gasteiger charge is -2.18. The maximum atomic E-state index is 12.1. The van der Waals surface area contributed by atoms with Gasteiger partial charge in [0.2, 0.25) is 0 Å². The molecule has 0 aliphatic carbocycles. The molecule has 4 nitrogen and oxygen atoms in total. The van der Waals surface area contributed by atoms with E-state index in [1.54, 1.807) is 0 Å². The number of unbranched alkanes of at least 4 members (excludes halogenated alkanes) is 13. The molecule has 0 amide bonds. The fraction of sp³-hybridized carbons (Fsp3) is 0.958. The second kappa shape index (κ2) is 19.7. The molecule has 0 saturated heterocycles. The molecule has 4 heteroatoms. The number of hydrogen-bond acceptors (Lipinski definition) is 4. The van der Waals surface area contributed by atoms with Crippen LogP contribution in [0.2, 0.25) is 0 Å². The summed E-state index contributed by atoms with van der Waals surface area (Å²) in [6.07, 6.45) is 18.6. The monoisotopic (exact) mass is 400 g/mol. The van der Waals surface area contributed by atoms with E-state index in [-0.39, 0.29) is 12.2 Å². The number of rotatable bonds is 20. The van der Waals surface area contributed by atoms with Crippen LogP contribution in [-0.4, -0.2) is 24.3 Å². The third kappa shape index (κ3) is 18.7. The van der Waals surface area contributed by atoms with E-state index in [0.717, 1.165) is 12.8 Å². The molecule has 1 atom stereocenters. The number of hydrogen-bond donors (Lipinski definition) is 0. The minimum absolute atomic E-state index is 0.00300. The van der Waals surface area contributed by atoms with E-state index in [1.807, 2.05) is 27.7 Å². The Kier molecular flexibility index (Phi) is 19.3. The molecule has 1 unspecified atom stereocenters. The number of ether oxygens (including phenoxy) is 1. The highest BCUT2D eigenvalue weighted by atomic mass is 17.2. The molecule has 0 fully saturated rings. The molecule has 0 aromatic heterocycles. The molecule has 0 heterocycles. The molecule has 0 aliphatic rings. The number of carbonyl (C=O) groups excluding carboxylic acids is 1. The van der Waals surface area contributed by atoms with Gasteiger partial charge in [-0.15, -0.1) is 0 Å². The Morgan fingerprint density at radius 3 is 1.46 bits per heavy atom. The van der Waals surface area contributed by atoms with Gasteiger partial charge in [-0.2, -0.15) is 4.89 Å². The van der Waals surface area contributed by atoms with Crippen LogP contribution in [0.5, 0.6) is 0 Å². The molecule has 0 N–H and O–H groups in total. The maximum absolute atomic E-state index is 12.1. The van der Waals surface area contributed by atoms with E-state index in [4.69, 9.17) is 14.5 Å². The van der Waals surface area contributed by atoms with E-state index in [0.29, 0.717) is 6.42 Å². The lowest BCUT2D eigenvalue weighted by atomic mass is 10.0. The summed E-state index contributed by atoms with van der Waals surface area (Å²) >= 11 is 0. The Morgan fingerprint density at radius 1 is 0.643 bits per heavy atom. The largest absolute Gasteiger partial charge is 0.370 e. The van der Waals surface area contributed by atoms with Gasteiger partial charge in [0.05, 0.1) is 12.2 Å². The van der Waals surface area contributed by atoms with Crippen molar-refractivity contribution in [2.45, 2.75) is 149 Å². The molecule has 0 spiro atoms. The molecule has 0 radical (unpaired) electrons. The van der Waals surface area contributed by atoms with Crippen molar-refractivity contribution in [1.82, 2.24) is 0 Å². The summed E-state index contributed by atoms with van der Waals surface area (Å²) in [5.41, 5.74) is 0. The Morgan fingerprint density at radius 2 is 1.07 bits per heavy atom. The zero-order chi connectivity index (χ0) is 21.0. The van der Waals surface area contributed by atoms with Crippen molar-refractivity contribution in [2.24, 2.45) is 0 Å². The first kappa shape index (κ1) is 27.4. The van der Waals surface area contributed by atoms with Crippen LogP contribution in [0.1, 0.15) is 131 Å². The van der Waals surface area contributed by atoms with Gasteiger partial charge in [0.15, 0.2) is 6.10 Å². The van der Waals surface area contributed by atoms with Gasteiger partial charge in [-0.05, 0) is 34.1 Å². The average Bonchev–Trinajstić information content (AvgIpc) is 2.65. The molecular formula is C24H48O4. The predicted molar refractivity (Wildman–Crippen MR) is 117 cm³/mol. The van der Waals surface area contributed by atoms with E-state index >= 15 is 0 Å². The number of carbonyl (C=O) groups is 1. The molecule has 0 aromatic carbocycles. The van der Waals surface area contributed by atoms with Crippen molar-refractivity contribution >= 4 is 5.97 Å². The summed E-state index contributed by atoms with van der Waals surface area (Å²) in [7, 11) is 0. The van der Waals surface area contributed by atoms with Gasteiger partial charge < -0.3 is 4.74 Å². The minimum atomic E-state index is -0.518. The second-order valence-corrected chi connectivity index (χ2v) is 8.61. The Balaban J connectivity index is 3.60. The van der Waals surface area contributed by atoms with Crippen LogP contribution in [0.15, 0.2) is 0 Å². The lowest BCUT2D eigenvalue weighted by molar-refractivity contribution is -0.298. The van der Waals surface area contributed by atoms with Crippen molar-refractivity contribution in [3.63, 3.8) is 0 Å². The maximum Gasteiger partial charge on any atom is 0.370 e. The second-order valence-electron chi connectivity index (χ2n) is 8.61. The fourth-order valence-electron chi connectivity index (χ4n) is 3.29. The van der Waals surface area contributed by atoms with Crippen LogP contribution < -0.4 is 0 Å². The molecule has 0 saturated carbocycles. The molecular weight excluding hydrogens is 352 g/mol. The standard InChI is InChI=1S/C24H48O4/c1-6-7-8-9-10-11-12-13-14-15-16-17-18-19-20-23(26-21(2)3)24(25)28-27-22(4)5/h21-23H,6-20H2,1-5H3. The summed E-state index contributed by atoms with van der Waals surface area (Å²) in [5, 5.41) is 0. The quantitative estimate of drug-likeness (QED) is 0.120. The summed E-state index contributed by atoms with van der Waals surface area (Å²) in [6.45, 7) is 9.82. The molecule has 0 bridgehead atoms. The van der Waals surface area contributed by atoms with E-state index < -0.39 is 12.1 Å². The predicted octanol–water partition coefficient (Wildman–Crippen LogP) is 7.53. The minimum Gasteiger partial charge on any atom is -0.364 e. The topological polar surface area (TPSA) is 44.8 Å². The van der Waals surface area contributed by atoms with Crippen molar-refractivity contribution in [3.05, 3.63) is 0 Å². The average molecular weight is 401 g/mol. The molecule has 0 aliphatic heterocycles. The van der Waals surface area contributed by atoms with Crippen molar-refractivity contribution < 1.29 is 19.3 Å². The van der Waals surface area contributed by atoms with Crippen LogP contribution >= 0.6 is 0 Å². The SMILES string of the molecule is CCCCCCCCCCCCCCCCC(OC(C)C)C(=O)OOC(C)C. The molecule has 0 rings (SSSR count). The highest BCUT2D eigenvalue weighted by Crippen LogP contribution is 2.15. The Hall–Kier alpha value is -0.610. The van der Waals surface area contributed by atoms with Crippen LogP contribution in [0.25, 0.3) is 0 Å². The van der Waals surface area contributed by atoms with Gasteiger partial charge in [0.25, 0.3) is 0 Å². The van der Waals surface area contributed by atoms with Gasteiger partial charge in [0, 0.05) is 0 Å². The summed E-state index contributed by atoms with van der Waals surface area (Å²) in [4.78, 5) is 21.9. The van der Waals surface area contributed by atoms with Crippen LogP contribution in [-0.2, 0) is 19.3 Å². The van der Waals surface area contributed by atoms with Gasteiger partial charge in [-0.1, -0.05) is 96.8 Å². The molecule has 168 valence electrons. The lowest BCUT2D eigenvalue weighted by Crippen LogP contribution is -2.30. The normalized spacial score (nSPS) is 12.7. The van der Waals surface area contributed by atoms with Gasteiger partial charge in [0.1, 0.15) is 0 Å². The molecule has 0 aromatic rings. The summed E-state index contributed by atoms with van der Waals surface area (Å²) in [6, 6.07) is 0. The van der Waals surface area contributed by atoms with Gasteiger partial charge in [-0.3, -0.25) is 4.89 Å². The third-order valence-electron chi connectivity index (χ3n) is 4.84. The van der Waals surface area contributed by atoms with Gasteiger partial charge >= 0.3 is 5.97 Å². The zero-order valence-corrected chi connectivity index (χ0v) is 19.5. The first-order chi connectivity index (χ1) is 13.5. The van der Waals surface area contributed by atoms with Crippen molar-refractivity contribution in [2.75, 3.05) is 0 Å². The third-order valence-corrected chi connectivity index (χ3v) is 4.84. The summed E-state index contributed by atoms with van der Waals surface area (Å²) in [5.74, 6) is -0.405. The van der Waals surface area contributed by atoms with Crippen LogP contribution in [0, 0.1) is 0 Å². The Labute approximate surface area is 175 Å². The summed E-state index contributed by atoms with van der Waals surface area (Å²) < 4.78 is 5.70. The first-order valence-corrected chi connectivity index (χ1v) is 12.0. The van der Waals surface area contributed by atoms with Crippen molar-refractivity contribution in [1.29, 1.82) is 0 Å². The van der Waals surface area contributed by atoms with Crippen LogP contribution in [0.3, 0.4) is 0 Å². The smallest absolute Gasteiger partial charge is 0.364 e. The molecule has 28 heavy (non-hydrogen) atoms. The van der Waals surface area contributed by atoms with Gasteiger partial charge in [-0.25, -0.2) is 4.79 Å². The van der Waals surface area contributed by atoms with Crippen LogP contribution in [0.4, 0.5) is 0 Å². The Bertz CT molecular complexity index is 341. The highest BCUT2D eigenvalue weighted by molar-refractivity contribution is 5.74.